The Hall–Kier alpha value is -2.65. The van der Waals surface area contributed by atoms with Gasteiger partial charge in [-0.3, -0.25) is 18.9 Å². The lowest BCUT2D eigenvalue weighted by Crippen LogP contribution is -2.44. The predicted molar refractivity (Wildman–Crippen MR) is 102 cm³/mol. The number of imidazole rings is 1. The van der Waals surface area contributed by atoms with Crippen LogP contribution in [0.1, 0.15) is 0 Å². The van der Waals surface area contributed by atoms with Gasteiger partial charge in [-0.15, -0.1) is 0 Å². The van der Waals surface area contributed by atoms with Crippen LogP contribution in [0.3, 0.4) is 0 Å². The first-order chi connectivity index (χ1) is 13.1. The molecule has 1 aromatic carbocycles. The molecule has 4 rings (SSSR count). The maximum atomic E-state index is 13.0. The van der Waals surface area contributed by atoms with Gasteiger partial charge >= 0.3 is 5.69 Å². The van der Waals surface area contributed by atoms with Gasteiger partial charge in [-0.25, -0.2) is 9.18 Å². The summed E-state index contributed by atoms with van der Waals surface area (Å²) in [4.78, 5) is 33.7. The van der Waals surface area contributed by atoms with Crippen molar-refractivity contribution in [3.63, 3.8) is 0 Å². The van der Waals surface area contributed by atoms with Crippen molar-refractivity contribution in [1.29, 1.82) is 0 Å². The molecule has 0 amide bonds. The summed E-state index contributed by atoms with van der Waals surface area (Å²) in [5.74, 6) is 0.503. The largest absolute Gasteiger partial charge is 0.339 e. The number of nitrogens with one attached hydrogen (secondary N) is 2. The van der Waals surface area contributed by atoms with Crippen LogP contribution in [0.25, 0.3) is 16.9 Å². The molecule has 1 fully saturated rings. The lowest BCUT2D eigenvalue weighted by molar-refractivity contribution is 0.442. The number of hydrogen-bond acceptors (Lipinski definition) is 5. The zero-order valence-corrected chi connectivity index (χ0v) is 15.2. The minimum atomic E-state index is -0.747. The normalized spacial score (nSPS) is 14.8. The zero-order chi connectivity index (χ0) is 19.0. The number of alkyl halides is 1. The van der Waals surface area contributed by atoms with E-state index in [1.807, 2.05) is 4.90 Å². The molecule has 2 aromatic heterocycles. The van der Waals surface area contributed by atoms with Gasteiger partial charge in [-0.1, -0.05) is 23.7 Å². The summed E-state index contributed by atoms with van der Waals surface area (Å²) in [6.07, 6.45) is 0. The Morgan fingerprint density at radius 2 is 1.93 bits per heavy atom. The number of aryl methyl sites for hydroxylation is 1. The molecule has 0 bridgehead atoms. The van der Waals surface area contributed by atoms with Crippen LogP contribution in [0.15, 0.2) is 33.9 Å². The lowest BCUT2D eigenvalue weighted by atomic mass is 10.3. The molecule has 0 aliphatic carbocycles. The molecule has 0 saturated carbocycles. The Morgan fingerprint density at radius 3 is 2.63 bits per heavy atom. The average molecular weight is 393 g/mol. The molecule has 2 N–H and O–H groups in total. The number of rotatable bonds is 4. The fourth-order valence-corrected chi connectivity index (χ4v) is 3.56. The van der Waals surface area contributed by atoms with Crippen LogP contribution in [0.2, 0.25) is 5.02 Å². The highest BCUT2D eigenvalue weighted by Crippen LogP contribution is 2.29. The molecule has 3 aromatic rings. The Balaban J connectivity index is 2.09. The molecule has 0 radical (unpaired) electrons. The van der Waals surface area contributed by atoms with Gasteiger partial charge in [0, 0.05) is 26.2 Å². The summed E-state index contributed by atoms with van der Waals surface area (Å²) in [5.41, 5.74) is -0.370. The van der Waals surface area contributed by atoms with Gasteiger partial charge in [0.2, 0.25) is 5.95 Å². The van der Waals surface area contributed by atoms with Crippen molar-refractivity contribution in [2.45, 2.75) is 6.54 Å². The van der Waals surface area contributed by atoms with Crippen LogP contribution >= 0.6 is 11.6 Å². The van der Waals surface area contributed by atoms with Gasteiger partial charge in [0.1, 0.15) is 6.67 Å². The molecule has 0 atom stereocenters. The second-order valence-electron chi connectivity index (χ2n) is 6.21. The minimum absolute atomic E-state index is 0.148. The van der Waals surface area contributed by atoms with E-state index in [-0.39, 0.29) is 17.7 Å². The molecule has 3 heterocycles. The molecule has 8 nitrogen and oxygen atoms in total. The third-order valence-electron chi connectivity index (χ3n) is 4.58. The smallest absolute Gasteiger partial charge is 0.330 e. The molecule has 27 heavy (non-hydrogen) atoms. The molecule has 10 heteroatoms. The number of halogens is 2. The van der Waals surface area contributed by atoms with Crippen LogP contribution in [0, 0.1) is 0 Å². The number of aromatic nitrogens is 4. The highest BCUT2D eigenvalue weighted by molar-refractivity contribution is 6.32. The third-order valence-corrected chi connectivity index (χ3v) is 4.90. The minimum Gasteiger partial charge on any atom is -0.339 e. The van der Waals surface area contributed by atoms with E-state index in [0.29, 0.717) is 29.7 Å². The van der Waals surface area contributed by atoms with E-state index < -0.39 is 17.9 Å². The summed E-state index contributed by atoms with van der Waals surface area (Å²) in [5, 5.41) is 3.70. The first kappa shape index (κ1) is 17.7. The Bertz CT molecular complexity index is 1100. The quantitative estimate of drug-likeness (QED) is 0.689. The average Bonchev–Trinajstić information content (AvgIpc) is 3.07. The summed E-state index contributed by atoms with van der Waals surface area (Å²) < 4.78 is 15.8. The number of H-pyrrole nitrogens is 1. The summed E-state index contributed by atoms with van der Waals surface area (Å²) in [7, 11) is 0. The SMILES string of the molecule is O=c1[nH]c(=O)n(CCF)c2nc(N3CCNCC3)n(-c3ccccc3Cl)c12. The summed E-state index contributed by atoms with van der Waals surface area (Å²) in [6, 6.07) is 7.09. The second-order valence-corrected chi connectivity index (χ2v) is 6.61. The standard InChI is InChI=1S/C17H18ClFN6O2/c18-11-3-1-2-4-12(11)25-13-14(21-16(25)23-9-6-20-7-10-23)24(8-5-19)17(27)22-15(13)26/h1-4,20H,5-10H2,(H,22,26,27). The van der Waals surface area contributed by atoms with E-state index >= 15 is 0 Å². The number of hydrogen-bond donors (Lipinski definition) is 2. The van der Waals surface area contributed by atoms with Gasteiger partial charge < -0.3 is 10.2 Å². The second kappa shape index (κ2) is 7.16. The van der Waals surface area contributed by atoms with Crippen molar-refractivity contribution < 1.29 is 4.39 Å². The molecule has 0 unspecified atom stereocenters. The van der Waals surface area contributed by atoms with Gasteiger partial charge in [0.15, 0.2) is 11.2 Å². The maximum Gasteiger partial charge on any atom is 0.330 e. The van der Waals surface area contributed by atoms with E-state index in [1.165, 1.54) is 0 Å². The van der Waals surface area contributed by atoms with E-state index in [4.69, 9.17) is 11.6 Å². The van der Waals surface area contributed by atoms with E-state index in [0.717, 1.165) is 17.7 Å². The maximum absolute atomic E-state index is 13.0. The summed E-state index contributed by atoms with van der Waals surface area (Å²) >= 11 is 6.39. The van der Waals surface area contributed by atoms with E-state index in [2.05, 4.69) is 15.3 Å². The van der Waals surface area contributed by atoms with Crippen LogP contribution in [0.4, 0.5) is 10.3 Å². The highest BCUT2D eigenvalue weighted by Gasteiger charge is 2.25. The molecule has 142 valence electrons. The zero-order valence-electron chi connectivity index (χ0n) is 14.4. The fraction of sp³-hybridized carbons (Fsp3) is 0.353. The van der Waals surface area contributed by atoms with Crippen molar-refractivity contribution in [3.8, 4) is 5.69 Å². The van der Waals surface area contributed by atoms with Crippen LogP contribution in [0.5, 0.6) is 0 Å². The van der Waals surface area contributed by atoms with Crippen molar-refractivity contribution in [2.75, 3.05) is 37.8 Å². The van der Waals surface area contributed by atoms with Crippen molar-refractivity contribution in [1.82, 2.24) is 24.4 Å². The predicted octanol–water partition coefficient (Wildman–Crippen LogP) is 0.908. The number of anilines is 1. The molecule has 1 aliphatic heterocycles. The summed E-state index contributed by atoms with van der Waals surface area (Å²) in [6.45, 7) is 1.95. The van der Waals surface area contributed by atoms with Crippen LogP contribution < -0.4 is 21.5 Å². The Kier molecular flexibility index (Phi) is 4.71. The number of benzene rings is 1. The van der Waals surface area contributed by atoms with Crippen molar-refractivity contribution in [2.24, 2.45) is 0 Å². The third kappa shape index (κ3) is 3.02. The highest BCUT2D eigenvalue weighted by atomic mass is 35.5. The number of fused-ring (bicyclic) bond motifs is 1. The monoisotopic (exact) mass is 392 g/mol. The first-order valence-corrected chi connectivity index (χ1v) is 9.01. The molecule has 0 spiro atoms. The number of nitrogens with zero attached hydrogens (tertiary/aromatic N) is 4. The molecule has 1 aliphatic rings. The van der Waals surface area contributed by atoms with Crippen LogP contribution in [-0.4, -0.2) is 52.0 Å². The number of aromatic amines is 1. The van der Waals surface area contributed by atoms with Gasteiger partial charge in [-0.05, 0) is 12.1 Å². The first-order valence-electron chi connectivity index (χ1n) is 8.64. The Labute approximate surface area is 158 Å². The lowest BCUT2D eigenvalue weighted by Gasteiger charge is -2.28. The van der Waals surface area contributed by atoms with Gasteiger partial charge in [0.05, 0.1) is 17.3 Å². The van der Waals surface area contributed by atoms with Crippen molar-refractivity contribution >= 4 is 28.7 Å². The van der Waals surface area contributed by atoms with Crippen LogP contribution in [-0.2, 0) is 6.54 Å². The van der Waals surface area contributed by atoms with Gasteiger partial charge in [0.25, 0.3) is 5.56 Å². The van der Waals surface area contributed by atoms with Gasteiger partial charge in [-0.2, -0.15) is 4.98 Å². The van der Waals surface area contributed by atoms with E-state index in [1.54, 1.807) is 28.8 Å². The number of piperazine rings is 1. The van der Waals surface area contributed by atoms with E-state index in [9.17, 15) is 14.0 Å². The Morgan fingerprint density at radius 1 is 1.19 bits per heavy atom. The molecular formula is C17H18ClFN6O2. The molecular weight excluding hydrogens is 375 g/mol. The fourth-order valence-electron chi connectivity index (χ4n) is 3.34. The number of para-hydroxylation sites is 1. The topological polar surface area (TPSA) is 87.9 Å². The van der Waals surface area contributed by atoms with Crippen molar-refractivity contribution in [3.05, 3.63) is 50.1 Å². The molecule has 1 saturated heterocycles.